The first kappa shape index (κ1) is 32.2. The number of fused-ring (bicyclic) bond motifs is 1. The van der Waals surface area contributed by atoms with Crippen LogP contribution in [-0.2, 0) is 20.7 Å². The number of rotatable bonds is 13. The van der Waals surface area contributed by atoms with E-state index >= 15 is 0 Å². The van der Waals surface area contributed by atoms with Crippen LogP contribution in [0.25, 0.3) is 49.2 Å². The molecule has 1 aliphatic carbocycles. The molecule has 0 amide bonds. The number of hydrogen-bond acceptors (Lipinski definition) is 11. The zero-order chi connectivity index (χ0) is 33.7. The molecule has 1 atom stereocenters. The lowest BCUT2D eigenvalue weighted by Crippen LogP contribution is -2.14. The Kier molecular flexibility index (Phi) is 8.56. The van der Waals surface area contributed by atoms with Gasteiger partial charge in [0.15, 0.2) is 22.4 Å². The Morgan fingerprint density at radius 3 is 1.87 bits per heavy atom. The van der Waals surface area contributed by atoms with Gasteiger partial charge in [-0.25, -0.2) is 0 Å². The fourth-order valence-electron chi connectivity index (χ4n) is 7.33. The number of aromatic hydroxyl groups is 2. The maximum Gasteiger partial charge on any atom is 0.194 e. The van der Waals surface area contributed by atoms with Crippen molar-refractivity contribution in [2.24, 2.45) is 0 Å². The van der Waals surface area contributed by atoms with Crippen LogP contribution >= 0.6 is 0 Å². The predicted molar refractivity (Wildman–Crippen MR) is 178 cm³/mol. The topological polar surface area (TPSA) is 158 Å². The third-order valence-corrected chi connectivity index (χ3v) is 9.08. The van der Waals surface area contributed by atoms with Gasteiger partial charge in [0.25, 0.3) is 0 Å². The summed E-state index contributed by atoms with van der Waals surface area (Å²) in [5.41, 5.74) is 1.03. The molecule has 0 saturated carbocycles. The minimum atomic E-state index is -0.886. The van der Waals surface area contributed by atoms with Gasteiger partial charge in [-0.1, -0.05) is 11.6 Å². The number of carbonyl (C=O) groups excluding carboxylic acids is 1. The number of phenols is 2. The summed E-state index contributed by atoms with van der Waals surface area (Å²) in [7, 11) is 4.20. The third-order valence-electron chi connectivity index (χ3n) is 9.08. The second-order valence-electron chi connectivity index (χ2n) is 11.7. The molecule has 5 aromatic carbocycles. The molecule has 1 aliphatic rings. The number of phenolic OH excluding ortho intramolecular Hbond substituents is 2. The van der Waals surface area contributed by atoms with Crippen LogP contribution in [-0.4, -0.2) is 75.5 Å². The lowest BCUT2D eigenvalue weighted by atomic mass is 9.80. The molecule has 246 valence electrons. The van der Waals surface area contributed by atoms with Crippen molar-refractivity contribution in [1.29, 1.82) is 0 Å². The highest BCUT2D eigenvalue weighted by Gasteiger charge is 2.37. The highest BCUT2D eigenvalue weighted by atomic mass is 16.5. The first-order chi connectivity index (χ1) is 22.6. The number of aliphatic hydroxyl groups excluding tert-OH is 1. The van der Waals surface area contributed by atoms with Crippen LogP contribution in [0.1, 0.15) is 42.9 Å². The second-order valence-corrected chi connectivity index (χ2v) is 11.7. The van der Waals surface area contributed by atoms with Gasteiger partial charge in [-0.15, -0.1) is 0 Å². The van der Waals surface area contributed by atoms with Gasteiger partial charge in [-0.2, -0.15) is 0 Å². The Bertz CT molecular complexity index is 2200. The number of hydrogen-bond donors (Lipinski definition) is 3. The molecule has 1 unspecified atom stereocenters. The van der Waals surface area contributed by atoms with Crippen LogP contribution in [0.2, 0.25) is 0 Å². The summed E-state index contributed by atoms with van der Waals surface area (Å²) in [6, 6.07) is 2.56. The van der Waals surface area contributed by atoms with Crippen molar-refractivity contribution in [3.63, 3.8) is 0 Å². The minimum Gasteiger partial charge on any atom is -0.507 e. The van der Waals surface area contributed by atoms with Gasteiger partial charge in [-0.05, 0) is 43.0 Å². The summed E-state index contributed by atoms with van der Waals surface area (Å²) < 4.78 is 28.2. The number of benzene rings is 5. The van der Waals surface area contributed by atoms with E-state index in [2.05, 4.69) is 0 Å². The third kappa shape index (κ3) is 4.80. The summed E-state index contributed by atoms with van der Waals surface area (Å²) in [5.74, 6) is -1.37. The largest absolute Gasteiger partial charge is 0.507 e. The van der Waals surface area contributed by atoms with Gasteiger partial charge >= 0.3 is 0 Å². The van der Waals surface area contributed by atoms with Crippen LogP contribution < -0.4 is 25.1 Å². The fraction of sp³-hybridized carbons (Fsp3) is 0.361. The smallest absolute Gasteiger partial charge is 0.194 e. The molecular formula is C36H36O11. The van der Waals surface area contributed by atoms with Crippen molar-refractivity contribution >= 4 is 54.9 Å². The maximum absolute atomic E-state index is 13.8. The molecule has 0 radical (unpaired) electrons. The number of allylic oxidation sites excluding steroid dienone is 1. The van der Waals surface area contributed by atoms with Crippen LogP contribution in [0, 0.1) is 0 Å². The molecule has 11 heteroatoms. The normalized spacial score (nSPS) is 14.4. The standard InChI is InChI=1S/C36H36O11/c1-16-13-19-18(7-6-9-46-11-12-47-10-8-37)34(41)26-20(39)14-22(43-3)28-29-23(44-4)15-21(40)27-32(29)31(25(19)30(26)28)33(24(16)17(2)38)36(45-5)35(27)42/h13-15,24,37,41-42H,6-12H2,1-5H3. The molecule has 0 aromatic heterocycles. The number of ether oxygens (including phenoxy) is 5. The van der Waals surface area contributed by atoms with Crippen molar-refractivity contribution in [2.45, 2.75) is 32.6 Å². The van der Waals surface area contributed by atoms with E-state index in [9.17, 15) is 24.6 Å². The van der Waals surface area contributed by atoms with E-state index in [-0.39, 0.29) is 52.8 Å². The highest BCUT2D eigenvalue weighted by molar-refractivity contribution is 6.39. The average Bonchev–Trinajstić information content (AvgIpc) is 3.17. The highest BCUT2D eigenvalue weighted by Crippen LogP contribution is 2.57. The fourth-order valence-corrected chi connectivity index (χ4v) is 7.33. The van der Waals surface area contributed by atoms with Crippen LogP contribution in [0.15, 0.2) is 27.3 Å². The van der Waals surface area contributed by atoms with E-state index in [4.69, 9.17) is 28.8 Å². The predicted octanol–water partition coefficient (Wildman–Crippen LogP) is 4.38. The van der Waals surface area contributed by atoms with Gasteiger partial charge < -0.3 is 39.0 Å². The maximum atomic E-state index is 13.8. The Morgan fingerprint density at radius 1 is 0.745 bits per heavy atom. The molecule has 11 nitrogen and oxygen atoms in total. The molecule has 0 saturated heterocycles. The van der Waals surface area contributed by atoms with E-state index in [1.807, 2.05) is 6.08 Å². The van der Waals surface area contributed by atoms with Crippen LogP contribution in [0.3, 0.4) is 0 Å². The second kappa shape index (κ2) is 12.5. The van der Waals surface area contributed by atoms with E-state index in [1.54, 1.807) is 6.92 Å². The minimum absolute atomic E-state index is 0.0187. The van der Waals surface area contributed by atoms with Crippen LogP contribution in [0.4, 0.5) is 0 Å². The zero-order valence-electron chi connectivity index (χ0n) is 26.9. The lowest BCUT2D eigenvalue weighted by molar-refractivity contribution is -0.117. The van der Waals surface area contributed by atoms with Gasteiger partial charge in [0.05, 0.1) is 64.4 Å². The van der Waals surface area contributed by atoms with Gasteiger partial charge in [0, 0.05) is 51.4 Å². The molecule has 0 heterocycles. The first-order valence-corrected chi connectivity index (χ1v) is 15.3. The van der Waals surface area contributed by atoms with Gasteiger partial charge in [-0.3, -0.25) is 14.4 Å². The van der Waals surface area contributed by atoms with Crippen molar-refractivity contribution in [3.8, 4) is 28.7 Å². The number of Topliss-reactive ketones (excluding diaryl/α,β-unsaturated/α-hetero) is 1. The van der Waals surface area contributed by atoms with Gasteiger partial charge in [0.1, 0.15) is 23.0 Å². The molecular weight excluding hydrogens is 608 g/mol. The van der Waals surface area contributed by atoms with Crippen molar-refractivity contribution in [2.75, 3.05) is 54.4 Å². The van der Waals surface area contributed by atoms with Crippen molar-refractivity contribution in [3.05, 3.63) is 54.8 Å². The number of methoxy groups -OCH3 is 3. The Morgan fingerprint density at radius 2 is 1.32 bits per heavy atom. The van der Waals surface area contributed by atoms with Gasteiger partial charge in [0.2, 0.25) is 0 Å². The Balaban J connectivity index is 1.81. The molecule has 3 N–H and O–H groups in total. The van der Waals surface area contributed by atoms with E-state index < -0.39 is 22.5 Å². The molecule has 0 aliphatic heterocycles. The average molecular weight is 645 g/mol. The van der Waals surface area contributed by atoms with E-state index in [1.165, 1.54) is 40.4 Å². The summed E-state index contributed by atoms with van der Waals surface area (Å²) in [6.45, 7) is 4.35. The molecule has 0 spiro atoms. The Labute approximate surface area is 269 Å². The SMILES string of the molecule is COc1c(O)c2c(=O)cc(OC)c3c4c(OC)cc(=O)c5c(O)c(CCCOCCOCCO)c6c(c(c1C(C(C)=O)C(C)=C6)c23)c54. The summed E-state index contributed by atoms with van der Waals surface area (Å²) in [6.07, 6.45) is 2.61. The van der Waals surface area contributed by atoms with E-state index in [0.29, 0.717) is 87.2 Å². The van der Waals surface area contributed by atoms with Crippen molar-refractivity contribution < 1.29 is 43.8 Å². The van der Waals surface area contributed by atoms with E-state index in [0.717, 1.165) is 0 Å². The molecule has 5 aromatic rings. The first-order valence-electron chi connectivity index (χ1n) is 15.3. The zero-order valence-corrected chi connectivity index (χ0v) is 26.9. The number of aliphatic hydroxyl groups is 1. The summed E-state index contributed by atoms with van der Waals surface area (Å²) in [5, 5.41) is 35.0. The quantitative estimate of drug-likeness (QED) is 0.0949. The molecule has 47 heavy (non-hydrogen) atoms. The summed E-state index contributed by atoms with van der Waals surface area (Å²) >= 11 is 0. The number of ketones is 1. The molecule has 0 bridgehead atoms. The molecule has 6 rings (SSSR count). The molecule has 0 fully saturated rings. The lowest BCUT2D eigenvalue weighted by Gasteiger charge is -2.25. The van der Waals surface area contributed by atoms with Crippen LogP contribution in [0.5, 0.6) is 28.7 Å². The number of carbonyl (C=O) groups is 1. The summed E-state index contributed by atoms with van der Waals surface area (Å²) in [4.78, 5) is 41.0. The monoisotopic (exact) mass is 644 g/mol. The Hall–Kier alpha value is -4.71. The van der Waals surface area contributed by atoms with Crippen molar-refractivity contribution in [1.82, 2.24) is 0 Å².